The highest BCUT2D eigenvalue weighted by molar-refractivity contribution is 5.84. The summed E-state index contributed by atoms with van der Waals surface area (Å²) in [6.45, 7) is 2.27. The second-order valence-electron chi connectivity index (χ2n) is 5.57. The Bertz CT molecular complexity index is 585. The van der Waals surface area contributed by atoms with Crippen molar-refractivity contribution in [3.63, 3.8) is 0 Å². The van der Waals surface area contributed by atoms with E-state index in [9.17, 15) is 0 Å². The van der Waals surface area contributed by atoms with Gasteiger partial charge in [0, 0.05) is 12.1 Å². The van der Waals surface area contributed by atoms with Crippen LogP contribution in [0.3, 0.4) is 0 Å². The van der Waals surface area contributed by atoms with E-state index in [0.717, 1.165) is 0 Å². The van der Waals surface area contributed by atoms with E-state index in [4.69, 9.17) is 0 Å². The zero-order chi connectivity index (χ0) is 13.1. The standard InChI is InChI=1S/C18H21N/c1-14-5-4-8-18(19-14)12-10-15-9-11-16-6-2-3-7-17(16)13-15/h2-3,6-7,9-14,18-19H,4-5,8H2,1H3/b12-10+. The van der Waals surface area contributed by atoms with Gasteiger partial charge in [0.1, 0.15) is 0 Å². The van der Waals surface area contributed by atoms with Crippen LogP contribution in [0.15, 0.2) is 48.5 Å². The molecule has 1 saturated heterocycles. The van der Waals surface area contributed by atoms with Crippen molar-refractivity contribution in [1.29, 1.82) is 0 Å². The molecular formula is C18H21N. The van der Waals surface area contributed by atoms with E-state index >= 15 is 0 Å². The zero-order valence-electron chi connectivity index (χ0n) is 11.5. The highest BCUT2D eigenvalue weighted by Gasteiger charge is 2.14. The molecule has 0 aromatic heterocycles. The molecule has 0 radical (unpaired) electrons. The van der Waals surface area contributed by atoms with Crippen molar-refractivity contribution >= 4 is 16.8 Å². The molecule has 1 nitrogen and oxygen atoms in total. The van der Waals surface area contributed by atoms with E-state index in [1.807, 2.05) is 0 Å². The van der Waals surface area contributed by atoms with E-state index in [-0.39, 0.29) is 0 Å². The van der Waals surface area contributed by atoms with Gasteiger partial charge >= 0.3 is 0 Å². The summed E-state index contributed by atoms with van der Waals surface area (Å²) in [5, 5.41) is 6.26. The van der Waals surface area contributed by atoms with Crippen LogP contribution in [0, 0.1) is 0 Å². The monoisotopic (exact) mass is 251 g/mol. The lowest BCUT2D eigenvalue weighted by Crippen LogP contribution is -2.39. The lowest BCUT2D eigenvalue weighted by Gasteiger charge is -2.26. The molecule has 0 spiro atoms. The maximum atomic E-state index is 3.64. The molecule has 2 unspecified atom stereocenters. The minimum absolute atomic E-state index is 0.537. The van der Waals surface area contributed by atoms with Gasteiger partial charge in [0.05, 0.1) is 0 Å². The van der Waals surface area contributed by atoms with Crippen molar-refractivity contribution in [3.8, 4) is 0 Å². The molecule has 1 fully saturated rings. The molecule has 19 heavy (non-hydrogen) atoms. The van der Waals surface area contributed by atoms with Gasteiger partial charge in [-0.1, -0.05) is 55.0 Å². The van der Waals surface area contributed by atoms with E-state index < -0.39 is 0 Å². The molecule has 2 aromatic rings. The lowest BCUT2D eigenvalue weighted by molar-refractivity contribution is 0.375. The van der Waals surface area contributed by atoms with Crippen molar-refractivity contribution in [2.24, 2.45) is 0 Å². The average Bonchev–Trinajstić information content (AvgIpc) is 2.45. The van der Waals surface area contributed by atoms with Gasteiger partial charge in [-0.25, -0.2) is 0 Å². The van der Waals surface area contributed by atoms with Crippen molar-refractivity contribution in [1.82, 2.24) is 5.32 Å². The molecule has 0 amide bonds. The van der Waals surface area contributed by atoms with Gasteiger partial charge in [-0.15, -0.1) is 0 Å². The van der Waals surface area contributed by atoms with E-state index in [0.29, 0.717) is 12.1 Å². The number of hydrogen-bond donors (Lipinski definition) is 1. The first-order valence-electron chi connectivity index (χ1n) is 7.24. The fraction of sp³-hybridized carbons (Fsp3) is 0.333. The van der Waals surface area contributed by atoms with Crippen LogP contribution in [0.4, 0.5) is 0 Å². The number of rotatable bonds is 2. The quantitative estimate of drug-likeness (QED) is 0.835. The topological polar surface area (TPSA) is 12.0 Å². The smallest absolute Gasteiger partial charge is 0.0255 e. The maximum Gasteiger partial charge on any atom is 0.0255 e. The van der Waals surface area contributed by atoms with Gasteiger partial charge < -0.3 is 5.32 Å². The molecule has 98 valence electrons. The fourth-order valence-electron chi connectivity index (χ4n) is 2.87. The highest BCUT2D eigenvalue weighted by Crippen LogP contribution is 2.18. The first-order chi connectivity index (χ1) is 9.31. The Labute approximate surface area is 115 Å². The summed E-state index contributed by atoms with van der Waals surface area (Å²) in [7, 11) is 0. The largest absolute Gasteiger partial charge is 0.308 e. The molecule has 1 aliphatic rings. The Kier molecular flexibility index (Phi) is 3.65. The van der Waals surface area contributed by atoms with Crippen LogP contribution >= 0.6 is 0 Å². The summed E-state index contributed by atoms with van der Waals surface area (Å²) in [6.07, 6.45) is 8.47. The Morgan fingerprint density at radius 2 is 1.89 bits per heavy atom. The number of fused-ring (bicyclic) bond motifs is 1. The molecule has 0 saturated carbocycles. The van der Waals surface area contributed by atoms with Crippen LogP contribution in [0.5, 0.6) is 0 Å². The minimum atomic E-state index is 0.537. The highest BCUT2D eigenvalue weighted by atomic mass is 14.9. The Hall–Kier alpha value is -1.60. The van der Waals surface area contributed by atoms with E-state index in [1.54, 1.807) is 0 Å². The summed E-state index contributed by atoms with van der Waals surface area (Å²) in [6, 6.07) is 16.4. The Balaban J connectivity index is 1.77. The van der Waals surface area contributed by atoms with E-state index in [1.165, 1.54) is 35.6 Å². The van der Waals surface area contributed by atoms with E-state index in [2.05, 4.69) is 66.9 Å². The molecule has 2 atom stereocenters. The third-order valence-corrected chi connectivity index (χ3v) is 3.95. The third-order valence-electron chi connectivity index (χ3n) is 3.95. The van der Waals surface area contributed by atoms with Crippen LogP contribution in [0.25, 0.3) is 16.8 Å². The van der Waals surface area contributed by atoms with Crippen LogP contribution in [-0.4, -0.2) is 12.1 Å². The molecule has 1 aliphatic heterocycles. The molecule has 1 heterocycles. The summed E-state index contributed by atoms with van der Waals surface area (Å²) in [5.41, 5.74) is 1.29. The van der Waals surface area contributed by atoms with Crippen LogP contribution in [0.1, 0.15) is 31.7 Å². The van der Waals surface area contributed by atoms with Gasteiger partial charge in [0.2, 0.25) is 0 Å². The van der Waals surface area contributed by atoms with Crippen molar-refractivity contribution < 1.29 is 0 Å². The van der Waals surface area contributed by atoms with Gasteiger partial charge in [-0.2, -0.15) is 0 Å². The second kappa shape index (κ2) is 5.58. The third kappa shape index (κ3) is 3.05. The Morgan fingerprint density at radius 3 is 2.74 bits per heavy atom. The molecule has 3 rings (SSSR count). The van der Waals surface area contributed by atoms with Gasteiger partial charge in [0.25, 0.3) is 0 Å². The molecular weight excluding hydrogens is 230 g/mol. The molecule has 0 aliphatic carbocycles. The van der Waals surface area contributed by atoms with Gasteiger partial charge in [0.15, 0.2) is 0 Å². The predicted octanol–water partition coefficient (Wildman–Crippen LogP) is 4.38. The van der Waals surface area contributed by atoms with Gasteiger partial charge in [-0.3, -0.25) is 0 Å². The van der Waals surface area contributed by atoms with Crippen molar-refractivity contribution in [2.45, 2.75) is 38.3 Å². The molecule has 1 N–H and O–H groups in total. The van der Waals surface area contributed by atoms with Crippen LogP contribution in [-0.2, 0) is 0 Å². The fourth-order valence-corrected chi connectivity index (χ4v) is 2.87. The maximum absolute atomic E-state index is 3.64. The molecule has 1 heteroatoms. The lowest BCUT2D eigenvalue weighted by atomic mass is 9.98. The minimum Gasteiger partial charge on any atom is -0.308 e. The van der Waals surface area contributed by atoms with Crippen LogP contribution < -0.4 is 5.32 Å². The Morgan fingerprint density at radius 1 is 1.05 bits per heavy atom. The first kappa shape index (κ1) is 12.4. The normalized spacial score (nSPS) is 24.1. The summed E-state index contributed by atoms with van der Waals surface area (Å²) < 4.78 is 0. The molecule has 0 bridgehead atoms. The number of nitrogens with one attached hydrogen (secondary N) is 1. The zero-order valence-corrected chi connectivity index (χ0v) is 11.5. The van der Waals surface area contributed by atoms with Crippen molar-refractivity contribution in [3.05, 3.63) is 54.1 Å². The second-order valence-corrected chi connectivity index (χ2v) is 5.57. The molecule has 2 aromatic carbocycles. The summed E-state index contributed by atoms with van der Waals surface area (Å²) >= 11 is 0. The number of piperidine rings is 1. The predicted molar refractivity (Wildman–Crippen MR) is 83.2 cm³/mol. The number of hydrogen-bond acceptors (Lipinski definition) is 1. The van der Waals surface area contributed by atoms with Crippen LogP contribution in [0.2, 0.25) is 0 Å². The summed E-state index contributed by atoms with van der Waals surface area (Å²) in [4.78, 5) is 0. The summed E-state index contributed by atoms with van der Waals surface area (Å²) in [5.74, 6) is 0. The first-order valence-corrected chi connectivity index (χ1v) is 7.24. The van der Waals surface area contributed by atoms with Crippen molar-refractivity contribution in [2.75, 3.05) is 0 Å². The number of benzene rings is 2. The SMILES string of the molecule is CC1CCCC(/C=C/c2ccc3ccccc3c2)N1. The van der Waals surface area contributed by atoms with Gasteiger partial charge in [-0.05, 0) is 42.2 Å². The average molecular weight is 251 g/mol.